The molecular formula is C13H22O2. The molecule has 0 aromatic carbocycles. The van der Waals surface area contributed by atoms with E-state index in [4.69, 9.17) is 0 Å². The van der Waals surface area contributed by atoms with Crippen LogP contribution in [-0.4, -0.2) is 17.0 Å². The standard InChI is InChI=1S/C13H22O2/c1-4-5-6-11(14)10-9-13(2,3)8-7-12(10)15/h4,10,12,15H,1,5-9H2,2-3H3. The van der Waals surface area contributed by atoms with Crippen molar-refractivity contribution >= 4 is 5.78 Å². The second-order valence-corrected chi connectivity index (χ2v) is 5.37. The Hall–Kier alpha value is -0.630. The summed E-state index contributed by atoms with van der Waals surface area (Å²) in [5, 5.41) is 9.82. The number of aliphatic hydroxyl groups is 1. The number of hydrogen-bond acceptors (Lipinski definition) is 2. The van der Waals surface area contributed by atoms with Gasteiger partial charge in [-0.15, -0.1) is 6.58 Å². The van der Waals surface area contributed by atoms with Crippen LogP contribution in [0.1, 0.15) is 46.0 Å². The van der Waals surface area contributed by atoms with Gasteiger partial charge in [0.15, 0.2) is 0 Å². The second-order valence-electron chi connectivity index (χ2n) is 5.37. The van der Waals surface area contributed by atoms with Crippen molar-refractivity contribution in [3.05, 3.63) is 12.7 Å². The monoisotopic (exact) mass is 210 g/mol. The fourth-order valence-corrected chi connectivity index (χ4v) is 2.33. The van der Waals surface area contributed by atoms with Gasteiger partial charge in [0.2, 0.25) is 0 Å². The summed E-state index contributed by atoms with van der Waals surface area (Å²) in [6.45, 7) is 7.96. The van der Waals surface area contributed by atoms with E-state index >= 15 is 0 Å². The van der Waals surface area contributed by atoms with Crippen molar-refractivity contribution in [2.24, 2.45) is 11.3 Å². The van der Waals surface area contributed by atoms with E-state index in [0.717, 1.165) is 25.7 Å². The molecule has 0 amide bonds. The quantitative estimate of drug-likeness (QED) is 0.724. The van der Waals surface area contributed by atoms with Crippen LogP contribution in [0.25, 0.3) is 0 Å². The third-order valence-corrected chi connectivity index (χ3v) is 3.36. The molecule has 1 aliphatic rings. The van der Waals surface area contributed by atoms with Crippen molar-refractivity contribution in [2.45, 2.75) is 52.1 Å². The summed E-state index contributed by atoms with van der Waals surface area (Å²) in [5.41, 5.74) is 0.202. The molecule has 0 heterocycles. The number of carbonyl (C=O) groups excluding carboxylic acids is 1. The minimum Gasteiger partial charge on any atom is -0.392 e. The van der Waals surface area contributed by atoms with Crippen LogP contribution in [0.2, 0.25) is 0 Å². The molecule has 2 heteroatoms. The zero-order valence-electron chi connectivity index (χ0n) is 9.83. The van der Waals surface area contributed by atoms with Crippen molar-refractivity contribution in [3.8, 4) is 0 Å². The molecule has 0 aromatic heterocycles. The Balaban J connectivity index is 2.57. The number of allylic oxidation sites excluding steroid dienone is 1. The molecule has 1 aliphatic carbocycles. The predicted molar refractivity (Wildman–Crippen MR) is 61.6 cm³/mol. The van der Waals surface area contributed by atoms with E-state index in [1.165, 1.54) is 0 Å². The highest BCUT2D eigenvalue weighted by molar-refractivity contribution is 5.81. The Labute approximate surface area is 92.4 Å². The van der Waals surface area contributed by atoms with E-state index < -0.39 is 6.10 Å². The maximum atomic E-state index is 11.8. The fourth-order valence-electron chi connectivity index (χ4n) is 2.33. The highest BCUT2D eigenvalue weighted by Crippen LogP contribution is 2.39. The molecule has 1 saturated carbocycles. The summed E-state index contributed by atoms with van der Waals surface area (Å²) < 4.78 is 0. The van der Waals surface area contributed by atoms with Gasteiger partial charge in [-0.2, -0.15) is 0 Å². The van der Waals surface area contributed by atoms with Crippen molar-refractivity contribution in [3.63, 3.8) is 0 Å². The first-order valence-electron chi connectivity index (χ1n) is 5.78. The number of carbonyl (C=O) groups is 1. The number of Topliss-reactive ketones (excluding diaryl/α,β-unsaturated/α-hetero) is 1. The number of rotatable bonds is 4. The molecular weight excluding hydrogens is 188 g/mol. The van der Waals surface area contributed by atoms with E-state index in [1.807, 2.05) is 0 Å². The predicted octanol–water partition coefficient (Wildman–Crippen LogP) is 2.71. The van der Waals surface area contributed by atoms with E-state index in [-0.39, 0.29) is 17.1 Å². The van der Waals surface area contributed by atoms with Crippen LogP contribution in [0.3, 0.4) is 0 Å². The van der Waals surface area contributed by atoms with E-state index in [1.54, 1.807) is 6.08 Å². The summed E-state index contributed by atoms with van der Waals surface area (Å²) in [6, 6.07) is 0. The van der Waals surface area contributed by atoms with Gasteiger partial charge >= 0.3 is 0 Å². The zero-order chi connectivity index (χ0) is 11.5. The number of aliphatic hydroxyl groups excluding tert-OH is 1. The maximum Gasteiger partial charge on any atom is 0.138 e. The SMILES string of the molecule is C=CCCC(=O)C1CC(C)(C)CCC1O. The second kappa shape index (κ2) is 4.93. The lowest BCUT2D eigenvalue weighted by molar-refractivity contribution is -0.130. The molecule has 0 spiro atoms. The van der Waals surface area contributed by atoms with Gasteiger partial charge in [0, 0.05) is 12.3 Å². The van der Waals surface area contributed by atoms with Gasteiger partial charge in [-0.3, -0.25) is 4.79 Å². The Bertz CT molecular complexity index is 243. The van der Waals surface area contributed by atoms with Gasteiger partial charge in [-0.1, -0.05) is 19.9 Å². The molecule has 2 unspecified atom stereocenters. The zero-order valence-corrected chi connectivity index (χ0v) is 9.83. The first-order valence-corrected chi connectivity index (χ1v) is 5.78. The summed E-state index contributed by atoms with van der Waals surface area (Å²) in [4.78, 5) is 11.8. The normalized spacial score (nSPS) is 29.8. The molecule has 2 nitrogen and oxygen atoms in total. The lowest BCUT2D eigenvalue weighted by atomic mass is 9.69. The molecule has 1 N–H and O–H groups in total. The largest absolute Gasteiger partial charge is 0.392 e. The third kappa shape index (κ3) is 3.45. The van der Waals surface area contributed by atoms with Gasteiger partial charge in [0.05, 0.1) is 6.10 Å². The molecule has 0 aromatic rings. The average Bonchev–Trinajstić information content (AvgIpc) is 2.18. The molecule has 2 atom stereocenters. The molecule has 0 aliphatic heterocycles. The molecule has 1 rings (SSSR count). The third-order valence-electron chi connectivity index (χ3n) is 3.36. The van der Waals surface area contributed by atoms with Gasteiger partial charge in [0.25, 0.3) is 0 Å². The van der Waals surface area contributed by atoms with Gasteiger partial charge in [0.1, 0.15) is 5.78 Å². The van der Waals surface area contributed by atoms with Crippen LogP contribution in [0.5, 0.6) is 0 Å². The van der Waals surface area contributed by atoms with Gasteiger partial charge in [-0.05, 0) is 31.1 Å². The highest BCUT2D eigenvalue weighted by Gasteiger charge is 2.37. The summed E-state index contributed by atoms with van der Waals surface area (Å²) in [6.07, 6.45) is 5.19. The van der Waals surface area contributed by atoms with Gasteiger partial charge in [-0.25, -0.2) is 0 Å². The van der Waals surface area contributed by atoms with Crippen LogP contribution < -0.4 is 0 Å². The number of hydrogen-bond donors (Lipinski definition) is 1. The highest BCUT2D eigenvalue weighted by atomic mass is 16.3. The fraction of sp³-hybridized carbons (Fsp3) is 0.769. The lowest BCUT2D eigenvalue weighted by Crippen LogP contribution is -2.38. The molecule has 0 bridgehead atoms. The van der Waals surface area contributed by atoms with Crippen molar-refractivity contribution in [1.29, 1.82) is 0 Å². The van der Waals surface area contributed by atoms with Crippen LogP contribution in [0.4, 0.5) is 0 Å². The molecule has 0 saturated heterocycles. The van der Waals surface area contributed by atoms with Crippen molar-refractivity contribution in [1.82, 2.24) is 0 Å². The summed E-state index contributed by atoms with van der Waals surface area (Å²) >= 11 is 0. The molecule has 0 radical (unpaired) electrons. The first-order chi connectivity index (χ1) is 6.96. The summed E-state index contributed by atoms with van der Waals surface area (Å²) in [5.74, 6) is 0.0591. The van der Waals surface area contributed by atoms with Crippen molar-refractivity contribution < 1.29 is 9.90 Å². The Morgan fingerprint density at radius 1 is 1.60 bits per heavy atom. The summed E-state index contributed by atoms with van der Waals surface area (Å²) in [7, 11) is 0. The molecule has 15 heavy (non-hydrogen) atoms. The van der Waals surface area contributed by atoms with Crippen LogP contribution in [-0.2, 0) is 4.79 Å². The van der Waals surface area contributed by atoms with Gasteiger partial charge < -0.3 is 5.11 Å². The average molecular weight is 210 g/mol. The molecule has 86 valence electrons. The Kier molecular flexibility index (Phi) is 4.09. The maximum absolute atomic E-state index is 11.8. The number of ketones is 1. The van der Waals surface area contributed by atoms with Crippen molar-refractivity contribution in [2.75, 3.05) is 0 Å². The first kappa shape index (κ1) is 12.4. The topological polar surface area (TPSA) is 37.3 Å². The Morgan fingerprint density at radius 2 is 2.27 bits per heavy atom. The van der Waals surface area contributed by atoms with Crippen LogP contribution >= 0.6 is 0 Å². The minimum absolute atomic E-state index is 0.145. The van der Waals surface area contributed by atoms with E-state index in [0.29, 0.717) is 6.42 Å². The Morgan fingerprint density at radius 3 is 2.87 bits per heavy atom. The minimum atomic E-state index is -0.421. The molecule has 1 fully saturated rings. The van der Waals surface area contributed by atoms with E-state index in [9.17, 15) is 9.90 Å². The smallest absolute Gasteiger partial charge is 0.138 e. The lowest BCUT2D eigenvalue weighted by Gasteiger charge is -2.37. The van der Waals surface area contributed by atoms with E-state index in [2.05, 4.69) is 20.4 Å². The van der Waals surface area contributed by atoms with Crippen LogP contribution in [0, 0.1) is 11.3 Å². The van der Waals surface area contributed by atoms with Crippen LogP contribution in [0.15, 0.2) is 12.7 Å².